The van der Waals surface area contributed by atoms with Crippen LogP contribution in [-0.4, -0.2) is 17.0 Å². The van der Waals surface area contributed by atoms with Crippen LogP contribution in [0.2, 0.25) is 0 Å². The van der Waals surface area contributed by atoms with Crippen molar-refractivity contribution >= 4 is 11.9 Å². The number of amides is 1. The highest BCUT2D eigenvalue weighted by molar-refractivity contribution is 6.01. The molecule has 4 fully saturated rings. The molecule has 1 amide bonds. The van der Waals surface area contributed by atoms with Gasteiger partial charge in [-0.3, -0.25) is 9.59 Å². The van der Waals surface area contributed by atoms with Gasteiger partial charge in [-0.25, -0.2) is 0 Å². The van der Waals surface area contributed by atoms with Crippen LogP contribution in [0.15, 0.2) is 0 Å². The van der Waals surface area contributed by atoms with Gasteiger partial charge in [-0.05, 0) is 68.1 Å². The number of carboxylic acid groups (broad SMARTS) is 1. The Bertz CT molecular complexity index is 376. The van der Waals surface area contributed by atoms with E-state index in [0.29, 0.717) is 18.3 Å². The van der Waals surface area contributed by atoms with E-state index in [9.17, 15) is 14.7 Å². The molecule has 1 atom stereocenters. The summed E-state index contributed by atoms with van der Waals surface area (Å²) in [5, 5.41) is 9.68. The first kappa shape index (κ1) is 12.9. The Morgan fingerprint density at radius 1 is 1.11 bits per heavy atom. The molecule has 0 aromatic heterocycles. The van der Waals surface area contributed by atoms with Crippen LogP contribution in [0.3, 0.4) is 0 Å². The lowest BCUT2D eigenvalue weighted by molar-refractivity contribution is -0.173. The molecular weight excluding hydrogens is 242 g/mol. The van der Waals surface area contributed by atoms with Crippen molar-refractivity contribution in [3.8, 4) is 0 Å². The van der Waals surface area contributed by atoms with E-state index in [1.54, 1.807) is 6.92 Å². The fourth-order valence-corrected chi connectivity index (χ4v) is 5.70. The van der Waals surface area contributed by atoms with Gasteiger partial charge in [0, 0.05) is 0 Å². The van der Waals surface area contributed by atoms with Crippen molar-refractivity contribution in [3.63, 3.8) is 0 Å². The Morgan fingerprint density at radius 3 is 1.89 bits per heavy atom. The molecule has 0 aromatic rings. The molecule has 0 aromatic carbocycles. The number of carbonyl (C=O) groups excluding carboxylic acids is 1. The van der Waals surface area contributed by atoms with Crippen molar-refractivity contribution in [1.82, 2.24) is 0 Å². The van der Waals surface area contributed by atoms with Crippen LogP contribution in [0.5, 0.6) is 0 Å². The number of carbonyl (C=O) groups is 2. The lowest BCUT2D eigenvalue weighted by Gasteiger charge is -2.58. The van der Waals surface area contributed by atoms with Gasteiger partial charge in [0.15, 0.2) is 0 Å². The average Bonchev–Trinajstić information content (AvgIpc) is 2.31. The van der Waals surface area contributed by atoms with Gasteiger partial charge in [0.2, 0.25) is 5.91 Å². The quantitative estimate of drug-likeness (QED) is 0.763. The lowest BCUT2D eigenvalue weighted by Crippen LogP contribution is -2.59. The van der Waals surface area contributed by atoms with Crippen LogP contribution in [0.4, 0.5) is 0 Å². The van der Waals surface area contributed by atoms with Crippen molar-refractivity contribution in [2.45, 2.75) is 45.4 Å². The highest BCUT2D eigenvalue weighted by Gasteiger charge is 2.60. The van der Waals surface area contributed by atoms with E-state index < -0.39 is 17.3 Å². The molecule has 3 N–H and O–H groups in total. The van der Waals surface area contributed by atoms with Crippen LogP contribution in [-0.2, 0) is 9.59 Å². The molecule has 4 nitrogen and oxygen atoms in total. The number of aliphatic carboxylic acids is 1. The first-order valence-corrected chi connectivity index (χ1v) is 7.52. The number of carboxylic acids is 1. The van der Waals surface area contributed by atoms with Crippen molar-refractivity contribution in [2.75, 3.05) is 0 Å². The SMILES string of the molecule is CCC(C(N)=O)(C(=O)O)C1C2CC3CC(C2)CC1C3. The van der Waals surface area contributed by atoms with Crippen molar-refractivity contribution in [2.24, 2.45) is 40.7 Å². The third-order valence-corrected chi connectivity index (χ3v) is 6.17. The summed E-state index contributed by atoms with van der Waals surface area (Å²) in [6.45, 7) is 1.80. The third kappa shape index (κ3) is 1.65. The Kier molecular flexibility index (Phi) is 2.88. The fourth-order valence-electron chi connectivity index (χ4n) is 5.70. The summed E-state index contributed by atoms with van der Waals surface area (Å²) in [6, 6.07) is 0. The maximum atomic E-state index is 12.0. The van der Waals surface area contributed by atoms with Crippen LogP contribution >= 0.6 is 0 Å². The zero-order chi connectivity index (χ0) is 13.8. The molecule has 0 heterocycles. The summed E-state index contributed by atoms with van der Waals surface area (Å²) in [5.41, 5.74) is 4.21. The minimum absolute atomic E-state index is 0.0275. The van der Waals surface area contributed by atoms with Gasteiger partial charge >= 0.3 is 5.97 Å². The van der Waals surface area contributed by atoms with E-state index in [1.165, 1.54) is 6.42 Å². The molecule has 4 aliphatic carbocycles. The molecule has 0 radical (unpaired) electrons. The Morgan fingerprint density at radius 2 is 1.58 bits per heavy atom. The molecule has 0 aliphatic heterocycles. The first-order valence-electron chi connectivity index (χ1n) is 7.52. The molecule has 4 saturated carbocycles. The minimum Gasteiger partial charge on any atom is -0.480 e. The highest BCUT2D eigenvalue weighted by Crippen LogP contribution is 2.61. The van der Waals surface area contributed by atoms with Gasteiger partial charge in [-0.1, -0.05) is 6.92 Å². The third-order valence-electron chi connectivity index (χ3n) is 6.17. The van der Waals surface area contributed by atoms with Crippen molar-refractivity contribution in [3.05, 3.63) is 0 Å². The molecule has 4 rings (SSSR count). The molecule has 0 saturated heterocycles. The number of primary amides is 1. The second-order valence-electron chi connectivity index (χ2n) is 6.95. The first-order chi connectivity index (χ1) is 8.99. The molecule has 4 heteroatoms. The van der Waals surface area contributed by atoms with Crippen LogP contribution < -0.4 is 5.73 Å². The summed E-state index contributed by atoms with van der Waals surface area (Å²) in [4.78, 5) is 23.8. The predicted octanol–water partition coefficient (Wildman–Crippen LogP) is 2.02. The van der Waals surface area contributed by atoms with Gasteiger partial charge in [0.1, 0.15) is 5.41 Å². The van der Waals surface area contributed by atoms with E-state index in [2.05, 4.69) is 0 Å². The topological polar surface area (TPSA) is 80.4 Å². The van der Waals surface area contributed by atoms with E-state index in [1.807, 2.05) is 0 Å². The van der Waals surface area contributed by atoms with Crippen molar-refractivity contribution < 1.29 is 14.7 Å². The predicted molar refractivity (Wildman–Crippen MR) is 70.1 cm³/mol. The Hall–Kier alpha value is -1.06. The van der Waals surface area contributed by atoms with Crippen molar-refractivity contribution in [1.29, 1.82) is 0 Å². The van der Waals surface area contributed by atoms with Gasteiger partial charge in [0.25, 0.3) is 0 Å². The van der Waals surface area contributed by atoms with E-state index >= 15 is 0 Å². The van der Waals surface area contributed by atoms with Crippen LogP contribution in [0.1, 0.15) is 45.4 Å². The fraction of sp³-hybridized carbons (Fsp3) is 0.867. The van der Waals surface area contributed by atoms with Gasteiger partial charge < -0.3 is 10.8 Å². The molecular formula is C15H23NO3. The number of nitrogens with two attached hydrogens (primary N) is 1. The smallest absolute Gasteiger partial charge is 0.319 e. The van der Waals surface area contributed by atoms with E-state index in [4.69, 9.17) is 5.73 Å². The zero-order valence-electron chi connectivity index (χ0n) is 11.5. The summed E-state index contributed by atoms with van der Waals surface area (Å²) in [7, 11) is 0. The second kappa shape index (κ2) is 4.22. The van der Waals surface area contributed by atoms with Gasteiger partial charge in [0.05, 0.1) is 0 Å². The highest BCUT2D eigenvalue weighted by atomic mass is 16.4. The molecule has 1 unspecified atom stereocenters. The Balaban J connectivity index is 1.99. The summed E-state index contributed by atoms with van der Waals surface area (Å²) < 4.78 is 0. The zero-order valence-corrected chi connectivity index (χ0v) is 11.5. The Labute approximate surface area is 113 Å². The standard InChI is InChI=1S/C15H23NO3/c1-2-15(13(16)17,14(18)19)12-10-4-8-3-9(6-10)7-11(12)5-8/h8-12H,2-7H2,1H3,(H2,16,17)(H,18,19). The lowest BCUT2D eigenvalue weighted by atomic mass is 9.46. The minimum atomic E-state index is -1.33. The van der Waals surface area contributed by atoms with Gasteiger partial charge in [-0.15, -0.1) is 0 Å². The number of rotatable bonds is 4. The number of hydrogen-bond donors (Lipinski definition) is 2. The largest absolute Gasteiger partial charge is 0.480 e. The molecule has 4 bridgehead atoms. The molecule has 106 valence electrons. The second-order valence-corrected chi connectivity index (χ2v) is 6.95. The maximum absolute atomic E-state index is 12.0. The summed E-state index contributed by atoms with van der Waals surface area (Å²) in [5.74, 6) is 0.699. The van der Waals surface area contributed by atoms with E-state index in [-0.39, 0.29) is 5.92 Å². The summed E-state index contributed by atoms with van der Waals surface area (Å²) >= 11 is 0. The normalized spacial score (nSPS) is 42.9. The molecule has 4 aliphatic rings. The van der Waals surface area contributed by atoms with Crippen LogP contribution in [0.25, 0.3) is 0 Å². The average molecular weight is 265 g/mol. The molecule has 19 heavy (non-hydrogen) atoms. The van der Waals surface area contributed by atoms with Gasteiger partial charge in [-0.2, -0.15) is 0 Å². The molecule has 0 spiro atoms. The summed E-state index contributed by atoms with van der Waals surface area (Å²) in [6.07, 6.45) is 6.09. The maximum Gasteiger partial charge on any atom is 0.319 e. The van der Waals surface area contributed by atoms with E-state index in [0.717, 1.165) is 37.5 Å². The number of hydrogen-bond acceptors (Lipinski definition) is 2. The van der Waals surface area contributed by atoms with Crippen LogP contribution in [0, 0.1) is 35.0 Å². The monoisotopic (exact) mass is 265 g/mol.